The molecule has 0 bridgehead atoms. The zero-order valence-electron chi connectivity index (χ0n) is 13.2. The van der Waals surface area contributed by atoms with E-state index in [1.165, 1.54) is 4.88 Å². The van der Waals surface area contributed by atoms with Gasteiger partial charge < -0.3 is 10.1 Å². The minimum atomic E-state index is -0.140. The number of aromatic nitrogens is 1. The van der Waals surface area contributed by atoms with Crippen LogP contribution in [0.2, 0.25) is 0 Å². The molecule has 6 heteroatoms. The molecular formula is C17H21N3O2S. The molecular weight excluding hydrogens is 310 g/mol. The van der Waals surface area contributed by atoms with Gasteiger partial charge in [-0.1, -0.05) is 0 Å². The van der Waals surface area contributed by atoms with E-state index in [1.807, 2.05) is 13.1 Å². The minimum Gasteiger partial charge on any atom is -0.494 e. The molecule has 0 unspecified atom stereocenters. The third kappa shape index (κ3) is 4.09. The van der Waals surface area contributed by atoms with Crippen LogP contribution >= 0.6 is 11.3 Å². The molecule has 1 aliphatic heterocycles. The fraction of sp³-hybridized carbons (Fsp3) is 0.412. The lowest BCUT2D eigenvalue weighted by molar-refractivity contribution is 0.102. The number of thiazole rings is 1. The third-order valence-electron chi connectivity index (χ3n) is 3.91. The van der Waals surface area contributed by atoms with Crippen LogP contribution in [0.5, 0.6) is 5.75 Å². The van der Waals surface area contributed by atoms with E-state index in [1.54, 1.807) is 35.6 Å². The van der Waals surface area contributed by atoms with E-state index in [-0.39, 0.29) is 5.91 Å². The molecule has 2 aromatic rings. The molecule has 0 spiro atoms. The molecule has 0 saturated carbocycles. The molecule has 1 fully saturated rings. The molecule has 1 aromatic heterocycles. The van der Waals surface area contributed by atoms with Crippen LogP contribution in [0, 0.1) is 0 Å². The van der Waals surface area contributed by atoms with E-state index < -0.39 is 0 Å². The fourth-order valence-electron chi connectivity index (χ4n) is 2.68. The molecule has 1 aliphatic rings. The summed E-state index contributed by atoms with van der Waals surface area (Å²) in [6, 6.07) is 7.14. The number of hydrogen-bond donors (Lipinski definition) is 2. The second-order valence-electron chi connectivity index (χ2n) is 5.50. The Morgan fingerprint density at radius 3 is 2.78 bits per heavy atom. The number of anilines is 1. The van der Waals surface area contributed by atoms with Gasteiger partial charge in [-0.05, 0) is 63.0 Å². The van der Waals surface area contributed by atoms with E-state index in [2.05, 4.69) is 15.6 Å². The minimum absolute atomic E-state index is 0.140. The second kappa shape index (κ2) is 7.57. The Morgan fingerprint density at radius 2 is 2.09 bits per heavy atom. The first-order valence-corrected chi connectivity index (χ1v) is 8.78. The number of nitrogens with zero attached hydrogens (tertiary/aromatic N) is 1. The molecule has 0 atom stereocenters. The van der Waals surface area contributed by atoms with Gasteiger partial charge in [-0.3, -0.25) is 10.1 Å². The van der Waals surface area contributed by atoms with Crippen molar-refractivity contribution >= 4 is 22.4 Å². The summed E-state index contributed by atoms with van der Waals surface area (Å²) >= 11 is 1.58. The van der Waals surface area contributed by atoms with Gasteiger partial charge in [0.2, 0.25) is 0 Å². The molecule has 3 rings (SSSR count). The first kappa shape index (κ1) is 16.0. The predicted octanol–water partition coefficient (Wildman–Crippen LogP) is 3.26. The van der Waals surface area contributed by atoms with Crippen LogP contribution in [0.3, 0.4) is 0 Å². The van der Waals surface area contributed by atoms with Crippen LogP contribution in [-0.4, -0.2) is 30.6 Å². The summed E-state index contributed by atoms with van der Waals surface area (Å²) < 4.78 is 5.38. The first-order valence-electron chi connectivity index (χ1n) is 7.97. The number of carbonyl (C=O) groups excluding carboxylic acids is 1. The van der Waals surface area contributed by atoms with E-state index in [0.29, 0.717) is 23.2 Å². The molecule has 0 radical (unpaired) electrons. The Hall–Kier alpha value is -1.92. The summed E-state index contributed by atoms with van der Waals surface area (Å²) in [6.07, 6.45) is 4.16. The average Bonchev–Trinajstić information content (AvgIpc) is 3.05. The Balaban J connectivity index is 1.62. The quantitative estimate of drug-likeness (QED) is 0.883. The molecule has 1 amide bonds. The highest BCUT2D eigenvalue weighted by Crippen LogP contribution is 2.31. The zero-order chi connectivity index (χ0) is 16.1. The van der Waals surface area contributed by atoms with E-state index in [9.17, 15) is 4.79 Å². The van der Waals surface area contributed by atoms with Gasteiger partial charge >= 0.3 is 0 Å². The normalized spacial score (nSPS) is 15.3. The van der Waals surface area contributed by atoms with Gasteiger partial charge in [-0.25, -0.2) is 4.98 Å². The lowest BCUT2D eigenvalue weighted by Crippen LogP contribution is -2.26. The van der Waals surface area contributed by atoms with Crippen LogP contribution in [0.4, 0.5) is 5.13 Å². The van der Waals surface area contributed by atoms with Crippen molar-refractivity contribution in [2.75, 3.05) is 25.0 Å². The number of rotatable bonds is 5. The highest BCUT2D eigenvalue weighted by Gasteiger charge is 2.18. The van der Waals surface area contributed by atoms with Crippen LogP contribution in [0.15, 0.2) is 30.5 Å². The van der Waals surface area contributed by atoms with Crippen molar-refractivity contribution in [3.05, 3.63) is 40.9 Å². The molecule has 122 valence electrons. The number of ether oxygens (including phenoxy) is 1. The van der Waals surface area contributed by atoms with Gasteiger partial charge in [-0.15, -0.1) is 11.3 Å². The second-order valence-corrected chi connectivity index (χ2v) is 6.57. The molecule has 5 nitrogen and oxygen atoms in total. The Labute approximate surface area is 140 Å². The van der Waals surface area contributed by atoms with Crippen LogP contribution in [0.25, 0.3) is 0 Å². The summed E-state index contributed by atoms with van der Waals surface area (Å²) in [6.45, 7) is 4.65. The van der Waals surface area contributed by atoms with Gasteiger partial charge in [0.15, 0.2) is 5.13 Å². The van der Waals surface area contributed by atoms with Crippen molar-refractivity contribution in [3.8, 4) is 5.75 Å². The van der Waals surface area contributed by atoms with Crippen molar-refractivity contribution in [1.29, 1.82) is 0 Å². The van der Waals surface area contributed by atoms with Crippen molar-refractivity contribution in [1.82, 2.24) is 10.3 Å². The van der Waals surface area contributed by atoms with E-state index in [4.69, 9.17) is 4.74 Å². The number of nitrogens with one attached hydrogen (secondary N) is 2. The molecule has 0 aliphatic carbocycles. The predicted molar refractivity (Wildman–Crippen MR) is 92.5 cm³/mol. The monoisotopic (exact) mass is 331 g/mol. The number of carbonyl (C=O) groups is 1. The average molecular weight is 331 g/mol. The topological polar surface area (TPSA) is 63.2 Å². The SMILES string of the molecule is CCOc1ccc(C(=O)Nc2ncc(C3CCNCC3)s2)cc1. The Kier molecular flexibility index (Phi) is 5.25. The van der Waals surface area contributed by atoms with Crippen LogP contribution in [-0.2, 0) is 0 Å². The standard InChI is InChI=1S/C17H21N3O2S/c1-2-22-14-5-3-13(4-6-14)16(21)20-17-19-11-15(23-17)12-7-9-18-10-8-12/h3-6,11-12,18H,2,7-10H2,1H3,(H,19,20,21). The van der Waals surface area contributed by atoms with Crippen molar-refractivity contribution in [2.24, 2.45) is 0 Å². The summed E-state index contributed by atoms with van der Waals surface area (Å²) in [5, 5.41) is 6.91. The highest BCUT2D eigenvalue weighted by atomic mass is 32.1. The number of benzene rings is 1. The van der Waals surface area contributed by atoms with E-state index >= 15 is 0 Å². The molecule has 2 heterocycles. The molecule has 2 N–H and O–H groups in total. The summed E-state index contributed by atoms with van der Waals surface area (Å²) in [7, 11) is 0. The van der Waals surface area contributed by atoms with Gasteiger partial charge in [-0.2, -0.15) is 0 Å². The van der Waals surface area contributed by atoms with Crippen LogP contribution in [0.1, 0.15) is 40.9 Å². The largest absolute Gasteiger partial charge is 0.494 e. The fourth-order valence-corrected chi connectivity index (χ4v) is 3.66. The van der Waals surface area contributed by atoms with Crippen molar-refractivity contribution < 1.29 is 9.53 Å². The Morgan fingerprint density at radius 1 is 1.35 bits per heavy atom. The number of amides is 1. The van der Waals surface area contributed by atoms with E-state index in [0.717, 1.165) is 31.7 Å². The maximum Gasteiger partial charge on any atom is 0.257 e. The Bertz CT molecular complexity index is 648. The van der Waals surface area contributed by atoms with Gasteiger partial charge in [0.1, 0.15) is 5.75 Å². The summed E-state index contributed by atoms with van der Waals surface area (Å²) in [4.78, 5) is 17.9. The lowest BCUT2D eigenvalue weighted by Gasteiger charge is -2.20. The smallest absolute Gasteiger partial charge is 0.257 e. The first-order chi connectivity index (χ1) is 11.3. The molecule has 1 saturated heterocycles. The van der Waals surface area contributed by atoms with Gasteiger partial charge in [0.25, 0.3) is 5.91 Å². The molecule has 1 aromatic carbocycles. The van der Waals surface area contributed by atoms with Gasteiger partial charge in [0.05, 0.1) is 6.61 Å². The van der Waals surface area contributed by atoms with Crippen molar-refractivity contribution in [2.45, 2.75) is 25.7 Å². The van der Waals surface area contributed by atoms with Crippen LogP contribution < -0.4 is 15.4 Å². The summed E-state index contributed by atoms with van der Waals surface area (Å²) in [5.41, 5.74) is 0.604. The number of hydrogen-bond acceptors (Lipinski definition) is 5. The summed E-state index contributed by atoms with van der Waals surface area (Å²) in [5.74, 6) is 1.19. The lowest BCUT2D eigenvalue weighted by atomic mass is 9.97. The maximum atomic E-state index is 12.3. The third-order valence-corrected chi connectivity index (χ3v) is 4.99. The molecule has 23 heavy (non-hydrogen) atoms. The highest BCUT2D eigenvalue weighted by molar-refractivity contribution is 7.15. The van der Waals surface area contributed by atoms with Gasteiger partial charge in [0, 0.05) is 16.6 Å². The maximum absolute atomic E-state index is 12.3. The van der Waals surface area contributed by atoms with Crippen molar-refractivity contribution in [3.63, 3.8) is 0 Å². The number of piperidine rings is 1. The zero-order valence-corrected chi connectivity index (χ0v) is 14.0.